The fraction of sp³-hybridized carbons (Fsp3) is 0.917. The Labute approximate surface area is 97.1 Å². The zero-order valence-electron chi connectivity index (χ0n) is 9.86. The molecule has 4 nitrogen and oxygen atoms in total. The number of amides is 1. The van der Waals surface area contributed by atoms with Gasteiger partial charge in [0.25, 0.3) is 0 Å². The summed E-state index contributed by atoms with van der Waals surface area (Å²) in [7, 11) is 0. The summed E-state index contributed by atoms with van der Waals surface area (Å²) in [5, 5.41) is 0. The molecule has 1 heterocycles. The van der Waals surface area contributed by atoms with E-state index in [1.807, 2.05) is 4.90 Å². The standard InChI is InChI=1S/C12H22N2O2/c13-8-11-9-14(12(15)16-11)10-6-4-2-1-3-5-7-10/h10-11H,1-9,13H2/t11-/m1/s1. The Balaban J connectivity index is 1.91. The van der Waals surface area contributed by atoms with Crippen molar-refractivity contribution in [3.63, 3.8) is 0 Å². The molecule has 0 aromatic heterocycles. The zero-order valence-corrected chi connectivity index (χ0v) is 9.86. The van der Waals surface area contributed by atoms with Gasteiger partial charge < -0.3 is 15.4 Å². The van der Waals surface area contributed by atoms with E-state index in [0.717, 1.165) is 12.8 Å². The summed E-state index contributed by atoms with van der Waals surface area (Å²) >= 11 is 0. The molecule has 0 aromatic carbocycles. The van der Waals surface area contributed by atoms with Crippen molar-refractivity contribution >= 4 is 6.09 Å². The van der Waals surface area contributed by atoms with Gasteiger partial charge in [-0.15, -0.1) is 0 Å². The predicted molar refractivity (Wildman–Crippen MR) is 62.1 cm³/mol. The summed E-state index contributed by atoms with van der Waals surface area (Å²) in [5.74, 6) is 0. The highest BCUT2D eigenvalue weighted by atomic mass is 16.6. The monoisotopic (exact) mass is 226 g/mol. The Hall–Kier alpha value is -0.770. The van der Waals surface area contributed by atoms with Crippen LogP contribution in [0, 0.1) is 0 Å². The van der Waals surface area contributed by atoms with Gasteiger partial charge in [0.2, 0.25) is 0 Å². The molecular weight excluding hydrogens is 204 g/mol. The minimum atomic E-state index is -0.152. The summed E-state index contributed by atoms with van der Waals surface area (Å²) < 4.78 is 5.21. The van der Waals surface area contributed by atoms with Crippen LogP contribution < -0.4 is 5.73 Å². The highest BCUT2D eigenvalue weighted by Gasteiger charge is 2.34. The van der Waals surface area contributed by atoms with E-state index in [4.69, 9.17) is 10.5 Å². The molecule has 4 heteroatoms. The Morgan fingerprint density at radius 1 is 1.19 bits per heavy atom. The minimum Gasteiger partial charge on any atom is -0.443 e. The van der Waals surface area contributed by atoms with Crippen molar-refractivity contribution < 1.29 is 9.53 Å². The van der Waals surface area contributed by atoms with Crippen molar-refractivity contribution in [3.05, 3.63) is 0 Å². The highest BCUT2D eigenvalue weighted by Crippen LogP contribution is 2.25. The van der Waals surface area contributed by atoms with Crippen molar-refractivity contribution in [2.24, 2.45) is 5.73 Å². The zero-order chi connectivity index (χ0) is 11.4. The van der Waals surface area contributed by atoms with Gasteiger partial charge in [-0.25, -0.2) is 4.79 Å². The summed E-state index contributed by atoms with van der Waals surface area (Å²) in [5.41, 5.74) is 5.54. The molecule has 0 aromatic rings. The molecule has 1 aliphatic carbocycles. The second-order valence-corrected chi connectivity index (χ2v) is 4.89. The summed E-state index contributed by atoms with van der Waals surface area (Å²) in [6, 6.07) is 0.393. The lowest BCUT2D eigenvalue weighted by atomic mass is 9.96. The number of hydrogen-bond acceptors (Lipinski definition) is 3. The minimum absolute atomic E-state index is 0.0852. The van der Waals surface area contributed by atoms with Crippen LogP contribution in [0.1, 0.15) is 44.9 Å². The van der Waals surface area contributed by atoms with E-state index in [2.05, 4.69) is 0 Å². The maximum atomic E-state index is 11.7. The number of nitrogens with zero attached hydrogens (tertiary/aromatic N) is 1. The first-order chi connectivity index (χ1) is 7.81. The molecule has 1 amide bonds. The van der Waals surface area contributed by atoms with Gasteiger partial charge in [0, 0.05) is 12.6 Å². The van der Waals surface area contributed by atoms with E-state index in [0.29, 0.717) is 19.1 Å². The van der Waals surface area contributed by atoms with Crippen LogP contribution in [-0.2, 0) is 4.74 Å². The van der Waals surface area contributed by atoms with Crippen LogP contribution in [0.4, 0.5) is 4.79 Å². The third-order valence-corrected chi connectivity index (χ3v) is 3.68. The van der Waals surface area contributed by atoms with Gasteiger partial charge in [0.15, 0.2) is 0 Å². The van der Waals surface area contributed by atoms with Gasteiger partial charge in [-0.1, -0.05) is 32.1 Å². The van der Waals surface area contributed by atoms with Gasteiger partial charge >= 0.3 is 6.09 Å². The highest BCUT2D eigenvalue weighted by molar-refractivity contribution is 5.70. The van der Waals surface area contributed by atoms with E-state index >= 15 is 0 Å². The van der Waals surface area contributed by atoms with Crippen molar-refractivity contribution in [3.8, 4) is 0 Å². The van der Waals surface area contributed by atoms with Crippen LogP contribution in [0.25, 0.3) is 0 Å². The van der Waals surface area contributed by atoms with Crippen LogP contribution in [0.5, 0.6) is 0 Å². The van der Waals surface area contributed by atoms with Gasteiger partial charge in [0.05, 0.1) is 6.54 Å². The lowest BCUT2D eigenvalue weighted by molar-refractivity contribution is 0.126. The molecule has 0 unspecified atom stereocenters. The molecule has 16 heavy (non-hydrogen) atoms. The summed E-state index contributed by atoms with van der Waals surface area (Å²) in [4.78, 5) is 13.6. The second kappa shape index (κ2) is 5.53. The molecule has 0 radical (unpaired) electrons. The molecule has 0 bridgehead atoms. The molecule has 92 valence electrons. The second-order valence-electron chi connectivity index (χ2n) is 4.89. The van der Waals surface area contributed by atoms with E-state index < -0.39 is 0 Å². The average Bonchev–Trinajstić information content (AvgIpc) is 2.60. The molecule has 2 rings (SSSR count). The SMILES string of the molecule is NC[C@@H]1CN(C2CCCCCCC2)C(=O)O1. The fourth-order valence-corrected chi connectivity index (χ4v) is 2.71. The van der Waals surface area contributed by atoms with Gasteiger partial charge in [-0.2, -0.15) is 0 Å². The van der Waals surface area contributed by atoms with Gasteiger partial charge in [-0.3, -0.25) is 0 Å². The number of hydrogen-bond donors (Lipinski definition) is 1. The van der Waals surface area contributed by atoms with Crippen LogP contribution in [0.3, 0.4) is 0 Å². The average molecular weight is 226 g/mol. The van der Waals surface area contributed by atoms with Crippen molar-refractivity contribution in [1.29, 1.82) is 0 Å². The van der Waals surface area contributed by atoms with Crippen molar-refractivity contribution in [1.82, 2.24) is 4.90 Å². The maximum absolute atomic E-state index is 11.7. The number of carbonyl (C=O) groups excluding carboxylic acids is 1. The van der Waals surface area contributed by atoms with Crippen molar-refractivity contribution in [2.45, 2.75) is 57.1 Å². The van der Waals surface area contributed by atoms with Crippen molar-refractivity contribution in [2.75, 3.05) is 13.1 Å². The number of ether oxygens (including phenoxy) is 1. The van der Waals surface area contributed by atoms with Crippen LogP contribution >= 0.6 is 0 Å². The molecule has 2 aliphatic rings. The lowest BCUT2D eigenvalue weighted by Crippen LogP contribution is -2.37. The van der Waals surface area contributed by atoms with E-state index in [9.17, 15) is 4.79 Å². The van der Waals surface area contributed by atoms with Gasteiger partial charge in [0.1, 0.15) is 6.10 Å². The molecule has 2 fully saturated rings. The Bertz CT molecular complexity index is 237. The Kier molecular flexibility index (Phi) is 4.04. The van der Waals surface area contributed by atoms with Crippen LogP contribution in [0.2, 0.25) is 0 Å². The molecule has 2 N–H and O–H groups in total. The summed E-state index contributed by atoms with van der Waals surface area (Å²) in [6.45, 7) is 1.13. The third kappa shape index (κ3) is 2.67. The molecule has 1 aliphatic heterocycles. The first kappa shape index (κ1) is 11.7. The first-order valence-electron chi connectivity index (χ1n) is 6.48. The smallest absolute Gasteiger partial charge is 0.410 e. The maximum Gasteiger partial charge on any atom is 0.410 e. The predicted octanol–water partition coefficient (Wildman–Crippen LogP) is 1.88. The topological polar surface area (TPSA) is 55.6 Å². The van der Waals surface area contributed by atoms with E-state index in [-0.39, 0.29) is 12.2 Å². The normalized spacial score (nSPS) is 28.7. The quantitative estimate of drug-likeness (QED) is 0.782. The molecule has 1 saturated carbocycles. The number of nitrogens with two attached hydrogens (primary N) is 1. The van der Waals surface area contributed by atoms with Crippen LogP contribution in [-0.4, -0.2) is 36.2 Å². The number of cyclic esters (lactones) is 1. The van der Waals surface area contributed by atoms with Crippen LogP contribution in [0.15, 0.2) is 0 Å². The Morgan fingerprint density at radius 2 is 1.81 bits per heavy atom. The summed E-state index contributed by atoms with van der Waals surface area (Å²) in [6.07, 6.45) is 8.46. The lowest BCUT2D eigenvalue weighted by Gasteiger charge is -2.27. The first-order valence-corrected chi connectivity index (χ1v) is 6.48. The number of carbonyl (C=O) groups is 1. The van der Waals surface area contributed by atoms with E-state index in [1.165, 1.54) is 32.1 Å². The van der Waals surface area contributed by atoms with E-state index in [1.54, 1.807) is 0 Å². The third-order valence-electron chi connectivity index (χ3n) is 3.68. The largest absolute Gasteiger partial charge is 0.443 e. The Morgan fingerprint density at radius 3 is 2.38 bits per heavy atom. The molecular formula is C12H22N2O2. The molecule has 1 atom stereocenters. The number of rotatable bonds is 2. The fourth-order valence-electron chi connectivity index (χ4n) is 2.71. The molecule has 1 saturated heterocycles. The molecule has 0 spiro atoms. The van der Waals surface area contributed by atoms with Gasteiger partial charge in [-0.05, 0) is 12.8 Å².